The summed E-state index contributed by atoms with van der Waals surface area (Å²) in [6.07, 6.45) is 0.949. The molecule has 1 aromatic carbocycles. The van der Waals surface area contributed by atoms with E-state index < -0.39 is 23.1 Å². The van der Waals surface area contributed by atoms with E-state index in [1.54, 1.807) is 0 Å². The molecular formula is C8H3F2NO2. The molecule has 0 aliphatic heterocycles. The molecule has 0 saturated heterocycles. The lowest BCUT2D eigenvalue weighted by atomic mass is 10.2. The van der Waals surface area contributed by atoms with Crippen LogP contribution in [0.2, 0.25) is 0 Å². The van der Waals surface area contributed by atoms with Gasteiger partial charge in [0.25, 0.3) is 5.91 Å². The minimum absolute atomic E-state index is 0.580. The molecule has 5 heteroatoms. The number of halogens is 2. The fraction of sp³-hybridized carbons (Fsp3) is 0. The van der Waals surface area contributed by atoms with Crippen LogP contribution in [0.5, 0.6) is 0 Å². The number of hydrogen-bond acceptors (Lipinski definition) is 2. The SMILES string of the molecule is O=C=NC(=O)c1cc(F)ccc1F. The Labute approximate surface area is 71.7 Å². The largest absolute Gasteiger partial charge is 0.290 e. The van der Waals surface area contributed by atoms with Crippen molar-refractivity contribution >= 4 is 12.0 Å². The zero-order chi connectivity index (χ0) is 9.84. The highest BCUT2D eigenvalue weighted by Gasteiger charge is 2.11. The van der Waals surface area contributed by atoms with E-state index in [1.165, 1.54) is 0 Å². The predicted molar refractivity (Wildman–Crippen MR) is 38.8 cm³/mol. The summed E-state index contributed by atoms with van der Waals surface area (Å²) in [5, 5.41) is 0. The van der Waals surface area contributed by atoms with E-state index in [0.29, 0.717) is 6.07 Å². The number of amides is 1. The van der Waals surface area contributed by atoms with E-state index in [9.17, 15) is 18.4 Å². The van der Waals surface area contributed by atoms with E-state index in [-0.39, 0.29) is 0 Å². The molecule has 0 spiro atoms. The Hall–Kier alpha value is -1.87. The fourth-order valence-electron chi connectivity index (χ4n) is 0.763. The van der Waals surface area contributed by atoms with Gasteiger partial charge in [0.05, 0.1) is 5.56 Å². The van der Waals surface area contributed by atoms with Crippen molar-refractivity contribution < 1.29 is 18.4 Å². The highest BCUT2D eigenvalue weighted by molar-refractivity contribution is 5.97. The molecule has 0 unspecified atom stereocenters. The number of benzene rings is 1. The zero-order valence-electron chi connectivity index (χ0n) is 6.25. The smallest absolute Gasteiger partial charge is 0.266 e. The molecule has 0 aromatic heterocycles. The van der Waals surface area contributed by atoms with Gasteiger partial charge in [-0.25, -0.2) is 13.6 Å². The van der Waals surface area contributed by atoms with Crippen LogP contribution in [-0.4, -0.2) is 12.0 Å². The van der Waals surface area contributed by atoms with Crippen LogP contribution in [0.1, 0.15) is 10.4 Å². The summed E-state index contributed by atoms with van der Waals surface area (Å²) >= 11 is 0. The molecule has 66 valence electrons. The standard InChI is InChI=1S/C8H3F2NO2/c9-5-1-2-7(10)6(3-5)8(13)11-4-12/h1-3H. The first-order valence-electron chi connectivity index (χ1n) is 3.22. The van der Waals surface area contributed by atoms with Crippen molar-refractivity contribution in [1.29, 1.82) is 0 Å². The maximum absolute atomic E-state index is 12.8. The van der Waals surface area contributed by atoms with Crippen LogP contribution in [0.15, 0.2) is 23.2 Å². The molecule has 1 amide bonds. The molecule has 0 aliphatic carbocycles. The van der Waals surface area contributed by atoms with Crippen LogP contribution in [-0.2, 0) is 4.79 Å². The molecule has 0 bridgehead atoms. The topological polar surface area (TPSA) is 46.5 Å². The van der Waals surface area contributed by atoms with Crippen molar-refractivity contribution in [2.45, 2.75) is 0 Å². The number of carbonyl (C=O) groups excluding carboxylic acids is 2. The van der Waals surface area contributed by atoms with Crippen LogP contribution >= 0.6 is 0 Å². The van der Waals surface area contributed by atoms with Crippen molar-refractivity contribution in [2.24, 2.45) is 4.99 Å². The Morgan fingerprint density at radius 3 is 2.69 bits per heavy atom. The van der Waals surface area contributed by atoms with Crippen LogP contribution in [0.25, 0.3) is 0 Å². The Morgan fingerprint density at radius 2 is 2.08 bits per heavy atom. The molecule has 3 nitrogen and oxygen atoms in total. The maximum atomic E-state index is 12.8. The van der Waals surface area contributed by atoms with Crippen LogP contribution < -0.4 is 0 Å². The summed E-state index contributed by atoms with van der Waals surface area (Å²) < 4.78 is 25.3. The van der Waals surface area contributed by atoms with E-state index >= 15 is 0 Å². The van der Waals surface area contributed by atoms with Gasteiger partial charge >= 0.3 is 0 Å². The molecule has 0 N–H and O–H groups in total. The highest BCUT2D eigenvalue weighted by atomic mass is 19.1. The second-order valence-electron chi connectivity index (χ2n) is 2.13. The summed E-state index contributed by atoms with van der Waals surface area (Å²) in [6.45, 7) is 0. The normalized spacial score (nSPS) is 9.08. The number of nitrogens with zero attached hydrogens (tertiary/aromatic N) is 1. The van der Waals surface area contributed by atoms with Gasteiger partial charge in [0.15, 0.2) is 0 Å². The third kappa shape index (κ3) is 2.04. The third-order valence-corrected chi connectivity index (χ3v) is 1.31. The van der Waals surface area contributed by atoms with Gasteiger partial charge in [0.2, 0.25) is 6.08 Å². The first kappa shape index (κ1) is 9.22. The number of carbonyl (C=O) groups is 1. The van der Waals surface area contributed by atoms with Crippen LogP contribution in [0.3, 0.4) is 0 Å². The summed E-state index contributed by atoms with van der Waals surface area (Å²) in [6, 6.07) is 2.30. The molecule has 0 saturated carbocycles. The third-order valence-electron chi connectivity index (χ3n) is 1.31. The molecule has 0 radical (unpaired) electrons. The second-order valence-corrected chi connectivity index (χ2v) is 2.13. The summed E-state index contributed by atoms with van der Waals surface area (Å²) in [5.74, 6) is -2.84. The Bertz CT molecular complexity index is 397. The van der Waals surface area contributed by atoms with Gasteiger partial charge in [-0.05, 0) is 18.2 Å². The zero-order valence-corrected chi connectivity index (χ0v) is 6.25. The average Bonchev–Trinajstić information content (AvgIpc) is 2.09. The maximum Gasteiger partial charge on any atom is 0.290 e. The number of aliphatic imine (C=N–C) groups is 1. The average molecular weight is 183 g/mol. The lowest BCUT2D eigenvalue weighted by Gasteiger charge is -1.95. The van der Waals surface area contributed by atoms with Crippen molar-refractivity contribution in [3.8, 4) is 0 Å². The van der Waals surface area contributed by atoms with Gasteiger partial charge in [0, 0.05) is 0 Å². The van der Waals surface area contributed by atoms with E-state index in [1.807, 2.05) is 0 Å². The fourth-order valence-corrected chi connectivity index (χ4v) is 0.763. The van der Waals surface area contributed by atoms with Crippen LogP contribution in [0.4, 0.5) is 8.78 Å². The molecule has 1 aromatic rings. The minimum atomic E-state index is -1.15. The van der Waals surface area contributed by atoms with E-state index in [2.05, 4.69) is 4.99 Å². The number of hydrogen-bond donors (Lipinski definition) is 0. The lowest BCUT2D eigenvalue weighted by Crippen LogP contribution is -1.99. The van der Waals surface area contributed by atoms with Gasteiger partial charge in [-0.3, -0.25) is 4.79 Å². The first-order valence-corrected chi connectivity index (χ1v) is 3.22. The summed E-state index contributed by atoms with van der Waals surface area (Å²) in [5.41, 5.74) is -0.580. The second kappa shape index (κ2) is 3.69. The van der Waals surface area contributed by atoms with Gasteiger partial charge in [-0.15, -0.1) is 4.99 Å². The van der Waals surface area contributed by atoms with Crippen LogP contribution in [0, 0.1) is 11.6 Å². The Kier molecular flexibility index (Phi) is 2.62. The Morgan fingerprint density at radius 1 is 1.38 bits per heavy atom. The minimum Gasteiger partial charge on any atom is -0.266 e. The number of rotatable bonds is 1. The van der Waals surface area contributed by atoms with Crippen molar-refractivity contribution in [2.75, 3.05) is 0 Å². The van der Waals surface area contributed by atoms with Crippen molar-refractivity contribution in [1.82, 2.24) is 0 Å². The van der Waals surface area contributed by atoms with Gasteiger partial charge in [-0.2, -0.15) is 0 Å². The lowest BCUT2D eigenvalue weighted by molar-refractivity contribution is 0.0998. The van der Waals surface area contributed by atoms with Gasteiger partial charge < -0.3 is 0 Å². The number of isocyanates is 1. The molecule has 0 fully saturated rings. The van der Waals surface area contributed by atoms with Gasteiger partial charge in [0.1, 0.15) is 11.6 Å². The van der Waals surface area contributed by atoms with Crippen molar-refractivity contribution in [3.63, 3.8) is 0 Å². The van der Waals surface area contributed by atoms with E-state index in [4.69, 9.17) is 0 Å². The predicted octanol–water partition coefficient (Wildman–Crippen LogP) is 1.44. The molecule has 0 atom stereocenters. The van der Waals surface area contributed by atoms with Crippen molar-refractivity contribution in [3.05, 3.63) is 35.4 Å². The van der Waals surface area contributed by atoms with E-state index in [0.717, 1.165) is 18.2 Å². The first-order chi connectivity index (χ1) is 6.15. The molecule has 0 aliphatic rings. The molecule has 1 rings (SSSR count). The molecule has 13 heavy (non-hydrogen) atoms. The van der Waals surface area contributed by atoms with Gasteiger partial charge in [-0.1, -0.05) is 0 Å². The summed E-state index contributed by atoms with van der Waals surface area (Å²) in [7, 11) is 0. The summed E-state index contributed by atoms with van der Waals surface area (Å²) in [4.78, 5) is 23.1. The molecule has 0 heterocycles. The highest BCUT2D eigenvalue weighted by Crippen LogP contribution is 2.10. The Balaban J connectivity index is 3.20. The quantitative estimate of drug-likeness (QED) is 0.488. The molecular weight excluding hydrogens is 180 g/mol. The monoisotopic (exact) mass is 183 g/mol.